The lowest BCUT2D eigenvalue weighted by Gasteiger charge is -2.20. The number of nitrogens with one attached hydrogen (secondary N) is 1. The summed E-state index contributed by atoms with van der Waals surface area (Å²) in [5.41, 5.74) is 4.56. The number of benzene rings is 2. The first-order valence-corrected chi connectivity index (χ1v) is 13.5. The van der Waals surface area contributed by atoms with Crippen LogP contribution in [0.2, 0.25) is 0 Å². The number of aromatic nitrogens is 1. The van der Waals surface area contributed by atoms with Crippen LogP contribution in [0.1, 0.15) is 43.2 Å². The van der Waals surface area contributed by atoms with Crippen molar-refractivity contribution >= 4 is 50.7 Å². The van der Waals surface area contributed by atoms with Crippen LogP contribution in [0, 0.1) is 19.3 Å². The standard InChI is InChI=1S/C29H28F3N5O2S/c1-16-6-11-23-21(14-16)20(15-22-24(33)37-27(34-25(22)38)40-26(35-37)29(30,31)32)17(2)36(23)12-13-39-19-9-7-18(8-10-19)28(3,4)5/h6-11,14-15,33H,12-13H2,1-5H3/b22-15-,33-24?. The number of amides is 1. The molecule has 3 heterocycles. The highest BCUT2D eigenvalue weighted by atomic mass is 32.2. The molecule has 0 bridgehead atoms. The van der Waals surface area contributed by atoms with Crippen LogP contribution in [0.5, 0.6) is 5.75 Å². The molecule has 1 aromatic heterocycles. The fourth-order valence-corrected chi connectivity index (χ4v) is 5.41. The van der Waals surface area contributed by atoms with Crippen LogP contribution >= 0.6 is 11.8 Å². The highest BCUT2D eigenvalue weighted by Gasteiger charge is 2.46. The fourth-order valence-electron chi connectivity index (χ4n) is 4.65. The van der Waals surface area contributed by atoms with Gasteiger partial charge in [0.05, 0.1) is 12.1 Å². The third-order valence-electron chi connectivity index (χ3n) is 6.82. The minimum atomic E-state index is -4.70. The van der Waals surface area contributed by atoms with Crippen LogP contribution < -0.4 is 4.74 Å². The predicted octanol–water partition coefficient (Wildman–Crippen LogP) is 6.82. The third kappa shape index (κ3) is 5.17. The van der Waals surface area contributed by atoms with Gasteiger partial charge in [-0.05, 0) is 66.9 Å². The van der Waals surface area contributed by atoms with Crippen LogP contribution in [0.3, 0.4) is 0 Å². The Kier molecular flexibility index (Phi) is 6.89. The van der Waals surface area contributed by atoms with E-state index in [1.807, 2.05) is 44.2 Å². The normalized spacial score (nSPS) is 17.0. The maximum absolute atomic E-state index is 13.2. The summed E-state index contributed by atoms with van der Waals surface area (Å²) in [6, 6.07) is 14.0. The summed E-state index contributed by atoms with van der Waals surface area (Å²) in [5.74, 6) is -0.466. The van der Waals surface area contributed by atoms with Gasteiger partial charge in [-0.3, -0.25) is 10.2 Å². The van der Waals surface area contributed by atoms with Crippen LogP contribution in [0.25, 0.3) is 17.0 Å². The van der Waals surface area contributed by atoms with E-state index in [2.05, 4.69) is 47.6 Å². The summed E-state index contributed by atoms with van der Waals surface area (Å²) in [6.45, 7) is 11.2. The lowest BCUT2D eigenvalue weighted by molar-refractivity contribution is -0.114. The number of hydrogen-bond acceptors (Lipinski definition) is 5. The average Bonchev–Trinajstić information content (AvgIpc) is 3.41. The smallest absolute Gasteiger partial charge is 0.441 e. The number of fused-ring (bicyclic) bond motifs is 2. The van der Waals surface area contributed by atoms with Crippen molar-refractivity contribution in [1.82, 2.24) is 9.58 Å². The van der Waals surface area contributed by atoms with Crippen LogP contribution in [0.4, 0.5) is 13.2 Å². The number of aliphatic imine (C=N–C) groups is 1. The molecular weight excluding hydrogens is 539 g/mol. The van der Waals surface area contributed by atoms with Crippen molar-refractivity contribution in [3.8, 4) is 5.75 Å². The second kappa shape index (κ2) is 9.96. The number of rotatable bonds is 5. The molecule has 1 amide bonds. The first kappa shape index (κ1) is 27.7. The van der Waals surface area contributed by atoms with Crippen LogP contribution in [-0.4, -0.2) is 44.3 Å². The van der Waals surface area contributed by atoms with Gasteiger partial charge in [0.1, 0.15) is 12.4 Å². The van der Waals surface area contributed by atoms with Crippen molar-refractivity contribution < 1.29 is 22.7 Å². The summed E-state index contributed by atoms with van der Waals surface area (Å²) in [6.07, 6.45) is -3.17. The molecule has 0 spiro atoms. The Morgan fingerprint density at radius 1 is 1.07 bits per heavy atom. The van der Waals surface area contributed by atoms with Gasteiger partial charge < -0.3 is 9.30 Å². The Hall–Kier alpha value is -3.86. The fraction of sp³-hybridized carbons (Fsp3) is 0.310. The molecule has 3 aromatic rings. The second-order valence-corrected chi connectivity index (χ2v) is 11.7. The first-order valence-electron chi connectivity index (χ1n) is 12.6. The van der Waals surface area contributed by atoms with Gasteiger partial charge >= 0.3 is 6.18 Å². The molecule has 7 nitrogen and oxygen atoms in total. The maximum Gasteiger partial charge on any atom is 0.441 e. The van der Waals surface area contributed by atoms with E-state index < -0.39 is 23.0 Å². The monoisotopic (exact) mass is 567 g/mol. The van der Waals surface area contributed by atoms with Gasteiger partial charge in [0.2, 0.25) is 10.2 Å². The molecule has 40 heavy (non-hydrogen) atoms. The van der Waals surface area contributed by atoms with E-state index in [1.54, 1.807) is 0 Å². The average molecular weight is 568 g/mol. The molecule has 11 heteroatoms. The minimum Gasteiger partial charge on any atom is -0.492 e. The molecule has 2 aromatic carbocycles. The Labute approximate surface area is 233 Å². The number of alkyl halides is 3. The van der Waals surface area contributed by atoms with Gasteiger partial charge in [0.15, 0.2) is 5.84 Å². The number of nitrogens with zero attached hydrogens (tertiary/aromatic N) is 4. The lowest BCUT2D eigenvalue weighted by Crippen LogP contribution is -2.35. The lowest BCUT2D eigenvalue weighted by atomic mass is 9.87. The number of hydrazone groups is 1. The van der Waals surface area contributed by atoms with Crippen LogP contribution in [-0.2, 0) is 16.8 Å². The van der Waals surface area contributed by atoms with Crippen molar-refractivity contribution in [2.24, 2.45) is 10.1 Å². The molecule has 0 unspecified atom stereocenters. The summed E-state index contributed by atoms with van der Waals surface area (Å²) in [5, 5.41) is 12.1. The Morgan fingerprint density at radius 2 is 1.77 bits per heavy atom. The van der Waals surface area contributed by atoms with E-state index in [0.717, 1.165) is 32.9 Å². The Morgan fingerprint density at radius 3 is 2.42 bits per heavy atom. The second-order valence-electron chi connectivity index (χ2n) is 10.7. The number of hydrogen-bond donors (Lipinski definition) is 1. The third-order valence-corrected chi connectivity index (χ3v) is 7.77. The maximum atomic E-state index is 13.2. The molecule has 0 fully saturated rings. The van der Waals surface area contributed by atoms with E-state index in [-0.39, 0.29) is 27.9 Å². The molecule has 0 aliphatic carbocycles. The van der Waals surface area contributed by atoms with E-state index in [4.69, 9.17) is 10.1 Å². The largest absolute Gasteiger partial charge is 0.492 e. The van der Waals surface area contributed by atoms with E-state index in [0.29, 0.717) is 18.7 Å². The number of aryl methyl sites for hydroxylation is 1. The van der Waals surface area contributed by atoms with Crippen molar-refractivity contribution in [3.05, 3.63) is 70.4 Å². The zero-order valence-electron chi connectivity index (χ0n) is 22.7. The van der Waals surface area contributed by atoms with Gasteiger partial charge in [-0.15, -0.1) is 0 Å². The molecule has 1 N–H and O–H groups in total. The summed E-state index contributed by atoms with van der Waals surface area (Å²) < 4.78 is 47.7. The van der Waals surface area contributed by atoms with Crippen LogP contribution in [0.15, 0.2) is 58.1 Å². The molecule has 0 atom stereocenters. The molecule has 0 saturated heterocycles. The summed E-state index contributed by atoms with van der Waals surface area (Å²) >= 11 is 0.232. The minimum absolute atomic E-state index is 0.0479. The van der Waals surface area contributed by atoms with Gasteiger partial charge in [-0.25, -0.2) is 0 Å². The molecule has 5 rings (SSSR count). The van der Waals surface area contributed by atoms with Crippen molar-refractivity contribution in [2.45, 2.75) is 52.8 Å². The van der Waals surface area contributed by atoms with E-state index in [9.17, 15) is 18.0 Å². The van der Waals surface area contributed by atoms with Gasteiger partial charge in [0, 0.05) is 22.2 Å². The topological polar surface area (TPSA) is 83.0 Å². The quantitative estimate of drug-likeness (QED) is 0.343. The SMILES string of the molecule is Cc1ccc2c(c1)c(/C=C1/C(=N)N3N=C(C(F)(F)F)SC3=NC1=O)c(C)n2CCOc1ccc(C(C)(C)C)cc1. The molecule has 2 aliphatic rings. The first-order chi connectivity index (χ1) is 18.7. The number of ether oxygens (including phenoxy) is 1. The number of carbonyl (C=O) groups is 1. The zero-order chi connectivity index (χ0) is 29.0. The number of thioether (sulfide) groups is 1. The molecular formula is C29H28F3N5O2S. The Balaban J connectivity index is 1.45. The van der Waals surface area contributed by atoms with Gasteiger partial charge in [0.25, 0.3) is 5.91 Å². The Bertz CT molecular complexity index is 1630. The summed E-state index contributed by atoms with van der Waals surface area (Å²) in [4.78, 5) is 16.6. The van der Waals surface area contributed by atoms with E-state index >= 15 is 0 Å². The molecule has 0 radical (unpaired) electrons. The summed E-state index contributed by atoms with van der Waals surface area (Å²) in [7, 11) is 0. The van der Waals surface area contributed by atoms with Gasteiger partial charge in [-0.2, -0.15) is 28.3 Å². The molecule has 0 saturated carbocycles. The highest BCUT2D eigenvalue weighted by Crippen LogP contribution is 2.36. The van der Waals surface area contributed by atoms with E-state index in [1.165, 1.54) is 11.6 Å². The molecule has 2 aliphatic heterocycles. The highest BCUT2D eigenvalue weighted by molar-refractivity contribution is 8.27. The van der Waals surface area contributed by atoms with Crippen molar-refractivity contribution in [2.75, 3.05) is 6.61 Å². The van der Waals surface area contributed by atoms with Crippen molar-refractivity contribution in [3.63, 3.8) is 0 Å². The number of carbonyl (C=O) groups excluding carboxylic acids is 1. The zero-order valence-corrected chi connectivity index (χ0v) is 23.5. The predicted molar refractivity (Wildman–Crippen MR) is 153 cm³/mol. The number of halogens is 3. The van der Waals surface area contributed by atoms with Gasteiger partial charge in [-0.1, -0.05) is 44.5 Å². The molecule has 208 valence electrons. The van der Waals surface area contributed by atoms with Crippen molar-refractivity contribution in [1.29, 1.82) is 5.41 Å². The number of amidine groups is 2.